The third-order valence-corrected chi connectivity index (χ3v) is 16.8. The summed E-state index contributed by atoms with van der Waals surface area (Å²) in [5.41, 5.74) is 10.3. The van der Waals surface area contributed by atoms with Gasteiger partial charge in [-0.25, -0.2) is 16.8 Å². The van der Waals surface area contributed by atoms with Crippen LogP contribution < -0.4 is 0 Å². The first-order valence-electron chi connectivity index (χ1n) is 20.0. The smallest absolute Gasteiger partial charge is 0.209 e. The summed E-state index contributed by atoms with van der Waals surface area (Å²) in [5.74, 6) is 1.93. The lowest BCUT2D eigenvalue weighted by Gasteiger charge is -2.16. The summed E-state index contributed by atoms with van der Waals surface area (Å²) in [6.07, 6.45) is 15.8. The lowest BCUT2D eigenvalue weighted by atomic mass is 9.81. The van der Waals surface area contributed by atoms with E-state index in [1.54, 1.807) is 12.1 Å². The number of aryl methyl sites for hydroxylation is 2. The second-order valence-electron chi connectivity index (χ2n) is 16.9. The summed E-state index contributed by atoms with van der Waals surface area (Å²) in [4.78, 5) is 0.698. The summed E-state index contributed by atoms with van der Waals surface area (Å²) >= 11 is 0. The maximum Gasteiger partial charge on any atom is 0.209 e. The average Bonchev–Trinajstić information content (AvgIpc) is 3.85. The number of hydrogen-bond acceptors (Lipinski definition) is 6. The molecule has 6 aromatic rings. The Morgan fingerprint density at radius 2 is 0.950 bits per heavy atom. The summed E-state index contributed by atoms with van der Waals surface area (Å²) in [7, 11) is 1.29. The number of fused-ring (bicyclic) bond motifs is 4. The van der Waals surface area contributed by atoms with E-state index in [1.165, 1.54) is 34.3 Å². The van der Waals surface area contributed by atoms with Crippen molar-refractivity contribution < 1.29 is 26.0 Å². The molecule has 2 aliphatic rings. The second-order valence-corrected chi connectivity index (χ2v) is 23.7. The van der Waals surface area contributed by atoms with Crippen molar-refractivity contribution in [2.45, 2.75) is 61.4 Å². The van der Waals surface area contributed by atoms with Crippen molar-refractivity contribution in [1.82, 2.24) is 9.13 Å². The van der Waals surface area contributed by atoms with Gasteiger partial charge in [0, 0.05) is 118 Å². The molecule has 2 aliphatic heterocycles. The van der Waals surface area contributed by atoms with Gasteiger partial charge in [-0.15, -0.1) is 0 Å². The Labute approximate surface area is 362 Å². The molecule has 2 aromatic heterocycles. The van der Waals surface area contributed by atoms with Gasteiger partial charge in [0.15, 0.2) is 31.1 Å². The topological polar surface area (TPSA) is 84.2 Å². The molecule has 0 aliphatic carbocycles. The third kappa shape index (κ3) is 7.65. The van der Waals surface area contributed by atoms with Crippen LogP contribution in [0.1, 0.15) is 49.9 Å². The van der Waals surface area contributed by atoms with Crippen LogP contribution in [0, 0.1) is 0 Å². The van der Waals surface area contributed by atoms with E-state index < -0.39 is 19.7 Å². The number of para-hydroxylation sites is 2. The minimum atomic E-state index is -3.31. The van der Waals surface area contributed by atoms with Crippen molar-refractivity contribution in [2.24, 2.45) is 0 Å². The Morgan fingerprint density at radius 1 is 0.567 bits per heavy atom. The van der Waals surface area contributed by atoms with Gasteiger partial charge in [-0.05, 0) is 76.2 Å². The summed E-state index contributed by atoms with van der Waals surface area (Å²) in [6.45, 7) is 10.4. The highest BCUT2D eigenvalue weighted by molar-refractivity contribution is 8.76. The maximum atomic E-state index is 12.3. The minimum absolute atomic E-state index is 0.349. The first-order valence-corrected chi connectivity index (χ1v) is 26.3. The van der Waals surface area contributed by atoms with Crippen molar-refractivity contribution in [3.8, 4) is 0 Å². The minimum Gasteiger partial charge on any atom is -0.346 e. The summed E-state index contributed by atoms with van der Waals surface area (Å²) in [6, 6.07) is 28.0. The van der Waals surface area contributed by atoms with Gasteiger partial charge < -0.3 is 9.13 Å². The van der Waals surface area contributed by atoms with Crippen LogP contribution in [0.4, 0.5) is 11.4 Å². The molecule has 0 spiro atoms. The first kappa shape index (κ1) is 42.1. The van der Waals surface area contributed by atoms with Crippen LogP contribution in [-0.4, -0.2) is 84.7 Å². The first-order chi connectivity index (χ1) is 28.4. The molecular weight excluding hydrogens is 825 g/mol. The molecule has 0 atom stereocenters. The van der Waals surface area contributed by atoms with E-state index in [9.17, 15) is 16.8 Å². The molecule has 4 heterocycles. The molecule has 0 amide bonds. The van der Waals surface area contributed by atoms with E-state index in [0.717, 1.165) is 69.6 Å². The Morgan fingerprint density at radius 3 is 1.33 bits per heavy atom. The Kier molecular flexibility index (Phi) is 11.0. The van der Waals surface area contributed by atoms with Crippen LogP contribution in [0.3, 0.4) is 0 Å². The highest BCUT2D eigenvalue weighted by Gasteiger charge is 2.44. The lowest BCUT2D eigenvalue weighted by Crippen LogP contribution is -2.26. The molecule has 0 saturated heterocycles. The van der Waals surface area contributed by atoms with Crippen LogP contribution in [0.2, 0.25) is 0 Å². The largest absolute Gasteiger partial charge is 0.346 e. The average molecular weight is 877 g/mol. The summed E-state index contributed by atoms with van der Waals surface area (Å²) < 4.78 is 58.4. The predicted molar refractivity (Wildman–Crippen MR) is 254 cm³/mol. The molecule has 0 bridgehead atoms. The normalized spacial score (nSPS) is 16.3. The van der Waals surface area contributed by atoms with Gasteiger partial charge in [-0.2, -0.15) is 9.15 Å². The fourth-order valence-electron chi connectivity index (χ4n) is 9.00. The quantitative estimate of drug-likeness (QED) is 0.0653. The molecule has 310 valence electrons. The lowest BCUT2D eigenvalue weighted by molar-refractivity contribution is -0.401. The zero-order valence-corrected chi connectivity index (χ0v) is 38.7. The number of nitrogens with zero attached hydrogens (tertiary/aromatic N) is 4. The van der Waals surface area contributed by atoms with Crippen LogP contribution >= 0.6 is 21.6 Å². The van der Waals surface area contributed by atoms with E-state index in [1.807, 2.05) is 45.9 Å². The second kappa shape index (κ2) is 15.7. The Bertz CT molecular complexity index is 2860. The number of rotatable bonds is 13. The molecule has 8 nitrogen and oxygen atoms in total. The van der Waals surface area contributed by atoms with Gasteiger partial charge in [0.25, 0.3) is 0 Å². The van der Waals surface area contributed by atoms with E-state index >= 15 is 0 Å². The van der Waals surface area contributed by atoms with Crippen LogP contribution in [-0.2, 0) is 43.6 Å². The van der Waals surface area contributed by atoms with Crippen molar-refractivity contribution >= 4 is 98.0 Å². The van der Waals surface area contributed by atoms with Crippen molar-refractivity contribution in [3.63, 3.8) is 0 Å². The standard InChI is InChI=1S/C48H52N4O4S4/c1-47(2)39-29-35(59(7,53)54)19-21-43(39)49(5)45(47)23-17-33-31-51(41-15-11-9-13-37(33)41)25-27-57-58-28-26-52-32-34(38-14-10-12-16-42(38)52)18-24-46-48(3,4)40-30-36(60(8,55)56)20-22-44(40)50(46)6/h9-24,29-32H,25-28H2,1-8H3/q+2. The molecular formula is C48H52N4O4S4+2. The Hall–Kier alpha value is -4.62. The highest BCUT2D eigenvalue weighted by Crippen LogP contribution is 2.42. The number of aromatic nitrogens is 2. The number of hydrogen-bond donors (Lipinski definition) is 0. The zero-order chi connectivity index (χ0) is 42.8. The number of allylic oxidation sites excluding steroid dienone is 2. The van der Waals surface area contributed by atoms with Gasteiger partial charge in [0.05, 0.1) is 20.6 Å². The Balaban J connectivity index is 0.917. The molecule has 8 rings (SSSR count). The van der Waals surface area contributed by atoms with Gasteiger partial charge in [0.2, 0.25) is 11.4 Å². The number of sulfone groups is 2. The molecule has 0 fully saturated rings. The van der Waals surface area contributed by atoms with E-state index in [-0.39, 0.29) is 10.8 Å². The monoisotopic (exact) mass is 876 g/mol. The third-order valence-electron chi connectivity index (χ3n) is 12.3. The van der Waals surface area contributed by atoms with Gasteiger partial charge in [0.1, 0.15) is 14.1 Å². The van der Waals surface area contributed by atoms with Gasteiger partial charge in [-0.3, -0.25) is 0 Å². The molecule has 60 heavy (non-hydrogen) atoms. The van der Waals surface area contributed by atoms with Gasteiger partial charge >= 0.3 is 0 Å². The molecule has 4 aromatic carbocycles. The van der Waals surface area contributed by atoms with Crippen molar-refractivity contribution in [1.29, 1.82) is 0 Å². The molecule has 0 unspecified atom stereocenters. The molecule has 0 N–H and O–H groups in total. The fraction of sp³-hybridized carbons (Fsp3) is 0.292. The van der Waals surface area contributed by atoms with Crippen molar-refractivity contribution in [3.05, 3.63) is 132 Å². The van der Waals surface area contributed by atoms with E-state index in [2.05, 4.69) is 145 Å². The predicted octanol–water partition coefficient (Wildman–Crippen LogP) is 9.92. The number of benzene rings is 4. The highest BCUT2D eigenvalue weighted by atomic mass is 33.1. The van der Waals surface area contributed by atoms with Crippen LogP contribution in [0.25, 0.3) is 34.0 Å². The molecule has 12 heteroatoms. The zero-order valence-electron chi connectivity index (χ0n) is 35.4. The van der Waals surface area contributed by atoms with Gasteiger partial charge in [-0.1, -0.05) is 58.0 Å². The molecule has 0 radical (unpaired) electrons. The van der Waals surface area contributed by atoms with Crippen LogP contribution in [0.15, 0.2) is 119 Å². The maximum absolute atomic E-state index is 12.3. The fourth-order valence-corrected chi connectivity index (χ4v) is 12.2. The van der Waals surface area contributed by atoms with E-state index in [0.29, 0.717) is 9.79 Å². The van der Waals surface area contributed by atoms with Crippen LogP contribution in [0.5, 0.6) is 0 Å². The molecule has 0 saturated carbocycles. The van der Waals surface area contributed by atoms with E-state index in [4.69, 9.17) is 0 Å². The summed E-state index contributed by atoms with van der Waals surface area (Å²) in [5, 5.41) is 2.41. The SMILES string of the molecule is C[N+]1=C(/C=C/c2cn(CCSSCCn3cc(/C=C/C4=[N+](C)c5ccc(S(C)(=O)=O)cc5C4(C)C)c4ccccc43)c3ccccc23)C(C)(C)c2cc(S(C)(=O)=O)ccc21. The van der Waals surface area contributed by atoms with Crippen molar-refractivity contribution in [2.75, 3.05) is 38.1 Å².